The molecule has 0 rings (SSSR count). The molecule has 4 heteroatoms. The lowest BCUT2D eigenvalue weighted by Gasteiger charge is -2.13. The Bertz CT molecular complexity index is 154. The summed E-state index contributed by atoms with van der Waals surface area (Å²) in [6.07, 6.45) is 0. The normalized spacial score (nSPS) is 9.60. The molecular formula is C6H12N2O2. The molecule has 2 N–H and O–H groups in total. The first-order valence-electron chi connectivity index (χ1n) is 3.03. The topological polar surface area (TPSA) is 63.4 Å². The molecule has 0 atom stereocenters. The maximum Gasteiger partial charge on any atom is 0.321 e. The molecule has 0 saturated heterocycles. The van der Waals surface area contributed by atoms with Crippen molar-refractivity contribution in [3.63, 3.8) is 0 Å². The molecule has 10 heavy (non-hydrogen) atoms. The molecule has 0 aromatic heterocycles. The number of primary amides is 1. The zero-order chi connectivity index (χ0) is 8.31. The number of carbonyl (C=O) groups is 2. The Morgan fingerprint density at radius 1 is 1.40 bits per heavy atom. The molecule has 0 bridgehead atoms. The van der Waals surface area contributed by atoms with Crippen LogP contribution in [0.5, 0.6) is 0 Å². The van der Waals surface area contributed by atoms with Crippen molar-refractivity contribution in [3.05, 3.63) is 0 Å². The monoisotopic (exact) mass is 144 g/mol. The Hall–Kier alpha value is -1.06. The van der Waals surface area contributed by atoms with Gasteiger partial charge in [-0.05, 0) is 0 Å². The van der Waals surface area contributed by atoms with Crippen LogP contribution in [0.4, 0.5) is 4.79 Å². The Kier molecular flexibility index (Phi) is 2.86. The second-order valence-corrected chi connectivity index (χ2v) is 2.39. The number of hydrogen-bond acceptors (Lipinski definition) is 2. The van der Waals surface area contributed by atoms with Crippen molar-refractivity contribution in [1.82, 2.24) is 4.90 Å². The summed E-state index contributed by atoms with van der Waals surface area (Å²) in [5, 5.41) is 0. The highest BCUT2D eigenvalue weighted by Gasteiger charge is 2.16. The molecule has 3 amide bonds. The summed E-state index contributed by atoms with van der Waals surface area (Å²) >= 11 is 0. The number of nitrogens with zero attached hydrogens (tertiary/aromatic N) is 1. The van der Waals surface area contributed by atoms with E-state index in [1.165, 1.54) is 7.05 Å². The summed E-state index contributed by atoms with van der Waals surface area (Å²) in [7, 11) is 1.37. The lowest BCUT2D eigenvalue weighted by atomic mass is 10.2. The summed E-state index contributed by atoms with van der Waals surface area (Å²) in [4.78, 5) is 22.2. The summed E-state index contributed by atoms with van der Waals surface area (Å²) in [5.41, 5.74) is 4.84. The Labute approximate surface area is 60.0 Å². The van der Waals surface area contributed by atoms with E-state index in [1.54, 1.807) is 13.8 Å². The highest BCUT2D eigenvalue weighted by molar-refractivity contribution is 5.94. The van der Waals surface area contributed by atoms with Gasteiger partial charge in [-0.2, -0.15) is 0 Å². The maximum atomic E-state index is 10.9. The maximum absolute atomic E-state index is 10.9. The second-order valence-electron chi connectivity index (χ2n) is 2.39. The fraction of sp³-hybridized carbons (Fsp3) is 0.667. The molecule has 0 heterocycles. The fourth-order valence-corrected chi connectivity index (χ4v) is 0.496. The molecule has 0 aromatic rings. The van der Waals surface area contributed by atoms with Gasteiger partial charge in [-0.1, -0.05) is 13.8 Å². The van der Waals surface area contributed by atoms with Gasteiger partial charge in [0.05, 0.1) is 0 Å². The van der Waals surface area contributed by atoms with Crippen LogP contribution in [0.2, 0.25) is 0 Å². The molecule has 0 aliphatic heterocycles. The van der Waals surface area contributed by atoms with Crippen LogP contribution in [-0.4, -0.2) is 23.9 Å². The zero-order valence-electron chi connectivity index (χ0n) is 6.42. The molecule has 0 unspecified atom stereocenters. The van der Waals surface area contributed by atoms with Crippen molar-refractivity contribution in [3.8, 4) is 0 Å². The SMILES string of the molecule is CC(C)C(=O)N(C)C(N)=O. The van der Waals surface area contributed by atoms with E-state index < -0.39 is 6.03 Å². The van der Waals surface area contributed by atoms with Crippen molar-refractivity contribution in [2.45, 2.75) is 13.8 Å². The van der Waals surface area contributed by atoms with Crippen molar-refractivity contribution in [1.29, 1.82) is 0 Å². The van der Waals surface area contributed by atoms with Gasteiger partial charge in [0.2, 0.25) is 5.91 Å². The molecule has 0 spiro atoms. The van der Waals surface area contributed by atoms with E-state index >= 15 is 0 Å². The number of urea groups is 1. The quantitative estimate of drug-likeness (QED) is 0.570. The summed E-state index contributed by atoms with van der Waals surface area (Å²) in [6, 6.07) is -0.710. The minimum absolute atomic E-state index is 0.183. The number of hydrogen-bond donors (Lipinski definition) is 1. The van der Waals surface area contributed by atoms with E-state index in [9.17, 15) is 9.59 Å². The van der Waals surface area contributed by atoms with Gasteiger partial charge in [-0.25, -0.2) is 4.79 Å². The summed E-state index contributed by atoms with van der Waals surface area (Å²) in [6.45, 7) is 3.42. The van der Waals surface area contributed by atoms with Gasteiger partial charge in [-0.15, -0.1) is 0 Å². The molecule has 0 aliphatic carbocycles. The van der Waals surface area contributed by atoms with Gasteiger partial charge in [0.15, 0.2) is 0 Å². The van der Waals surface area contributed by atoms with Crippen LogP contribution in [0.1, 0.15) is 13.8 Å². The third-order valence-corrected chi connectivity index (χ3v) is 1.16. The highest BCUT2D eigenvalue weighted by atomic mass is 16.2. The first-order valence-corrected chi connectivity index (χ1v) is 3.03. The average molecular weight is 144 g/mol. The van der Waals surface area contributed by atoms with Crippen LogP contribution in [0, 0.1) is 5.92 Å². The smallest absolute Gasteiger partial charge is 0.321 e. The zero-order valence-corrected chi connectivity index (χ0v) is 6.42. The molecule has 0 radical (unpaired) electrons. The molecule has 4 nitrogen and oxygen atoms in total. The Morgan fingerprint density at radius 3 is 1.90 bits per heavy atom. The third-order valence-electron chi connectivity index (χ3n) is 1.16. The second kappa shape index (κ2) is 3.20. The largest absolute Gasteiger partial charge is 0.351 e. The van der Waals surface area contributed by atoms with E-state index in [4.69, 9.17) is 5.73 Å². The first-order chi connectivity index (χ1) is 4.46. The number of rotatable bonds is 1. The Morgan fingerprint density at radius 2 is 1.80 bits per heavy atom. The van der Waals surface area contributed by atoms with Gasteiger partial charge in [0.1, 0.15) is 0 Å². The minimum Gasteiger partial charge on any atom is -0.351 e. The molecule has 0 fully saturated rings. The lowest BCUT2D eigenvalue weighted by Crippen LogP contribution is -2.39. The number of carbonyl (C=O) groups excluding carboxylic acids is 2. The van der Waals surface area contributed by atoms with Crippen LogP contribution in [0.25, 0.3) is 0 Å². The summed E-state index contributed by atoms with van der Waals surface area (Å²) in [5.74, 6) is -0.440. The summed E-state index contributed by atoms with van der Waals surface area (Å²) < 4.78 is 0. The first kappa shape index (κ1) is 8.94. The Balaban J connectivity index is 4.08. The van der Waals surface area contributed by atoms with Crippen LogP contribution in [0.3, 0.4) is 0 Å². The van der Waals surface area contributed by atoms with Crippen LogP contribution < -0.4 is 5.73 Å². The van der Waals surface area contributed by atoms with E-state index in [0.29, 0.717) is 0 Å². The number of imide groups is 1. The van der Waals surface area contributed by atoms with Crippen LogP contribution >= 0.6 is 0 Å². The van der Waals surface area contributed by atoms with Crippen molar-refractivity contribution < 1.29 is 9.59 Å². The fourth-order valence-electron chi connectivity index (χ4n) is 0.496. The minimum atomic E-state index is -0.710. The highest BCUT2D eigenvalue weighted by Crippen LogP contribution is 1.97. The van der Waals surface area contributed by atoms with Crippen molar-refractivity contribution >= 4 is 11.9 Å². The predicted octanol–water partition coefficient (Wildman–Crippen LogP) is 0.180. The molecule has 0 aromatic carbocycles. The lowest BCUT2D eigenvalue weighted by molar-refractivity contribution is -0.130. The van der Waals surface area contributed by atoms with Gasteiger partial charge < -0.3 is 5.73 Å². The van der Waals surface area contributed by atoms with E-state index in [-0.39, 0.29) is 11.8 Å². The van der Waals surface area contributed by atoms with Gasteiger partial charge >= 0.3 is 6.03 Å². The third kappa shape index (κ3) is 2.05. The molecule has 0 aliphatic rings. The van der Waals surface area contributed by atoms with Crippen molar-refractivity contribution in [2.75, 3.05) is 7.05 Å². The van der Waals surface area contributed by atoms with E-state index in [1.807, 2.05) is 0 Å². The predicted molar refractivity (Wildman–Crippen MR) is 37.2 cm³/mol. The van der Waals surface area contributed by atoms with Gasteiger partial charge in [-0.3, -0.25) is 9.69 Å². The molecule has 0 saturated carbocycles. The van der Waals surface area contributed by atoms with Crippen molar-refractivity contribution in [2.24, 2.45) is 11.7 Å². The molecule has 58 valence electrons. The average Bonchev–Trinajstić information content (AvgIpc) is 1.84. The van der Waals surface area contributed by atoms with Gasteiger partial charge in [0.25, 0.3) is 0 Å². The van der Waals surface area contributed by atoms with Crippen LogP contribution in [0.15, 0.2) is 0 Å². The number of nitrogens with two attached hydrogens (primary N) is 1. The van der Waals surface area contributed by atoms with E-state index in [2.05, 4.69) is 0 Å². The van der Waals surface area contributed by atoms with Gasteiger partial charge in [0, 0.05) is 13.0 Å². The standard InChI is InChI=1S/C6H12N2O2/c1-4(2)5(9)8(3)6(7)10/h4H,1-3H3,(H2,7,10). The number of amides is 3. The van der Waals surface area contributed by atoms with Crippen LogP contribution in [-0.2, 0) is 4.79 Å². The molecular weight excluding hydrogens is 132 g/mol. The van der Waals surface area contributed by atoms with E-state index in [0.717, 1.165) is 4.90 Å².